The fourth-order valence-electron chi connectivity index (χ4n) is 2.27. The average Bonchev–Trinajstić information content (AvgIpc) is 2.55. The van der Waals surface area contributed by atoms with Crippen molar-refractivity contribution < 1.29 is 15.0 Å². The molecule has 0 unspecified atom stereocenters. The van der Waals surface area contributed by atoms with Crippen molar-refractivity contribution in [2.75, 3.05) is 0 Å². The second kappa shape index (κ2) is 6.19. The summed E-state index contributed by atoms with van der Waals surface area (Å²) in [5, 5.41) is 24.9. The topological polar surface area (TPSA) is 81.9 Å². The molecule has 0 heterocycles. The van der Waals surface area contributed by atoms with Gasteiger partial charge >= 0.3 is 0 Å². The van der Waals surface area contributed by atoms with Crippen LogP contribution in [-0.4, -0.2) is 22.3 Å². The van der Waals surface area contributed by atoms with Crippen LogP contribution < -0.4 is 5.43 Å². The van der Waals surface area contributed by atoms with E-state index >= 15 is 0 Å². The first-order valence-corrected chi connectivity index (χ1v) is 6.98. The maximum atomic E-state index is 12.1. The molecule has 0 saturated carbocycles. The summed E-state index contributed by atoms with van der Waals surface area (Å²) in [5.74, 6) is -0.467. The lowest BCUT2D eigenvalue weighted by Crippen LogP contribution is -2.17. The first-order valence-electron chi connectivity index (χ1n) is 6.98. The van der Waals surface area contributed by atoms with E-state index in [1.165, 1.54) is 12.3 Å². The molecule has 0 aromatic heterocycles. The number of fused-ring (bicyclic) bond motifs is 1. The number of hydrogen-bond donors (Lipinski definition) is 3. The number of phenolic OH excluding ortho intramolecular Hbond substituents is 2. The number of benzene rings is 3. The lowest BCUT2D eigenvalue weighted by atomic mass is 10.1. The zero-order chi connectivity index (χ0) is 16.2. The summed E-state index contributed by atoms with van der Waals surface area (Å²) in [7, 11) is 0. The number of carbonyl (C=O) groups excluding carboxylic acids is 1. The molecule has 0 aliphatic rings. The summed E-state index contributed by atoms with van der Waals surface area (Å²) in [6, 6.07) is 17.1. The highest BCUT2D eigenvalue weighted by molar-refractivity contribution is 6.03. The fourth-order valence-corrected chi connectivity index (χ4v) is 2.27. The van der Waals surface area contributed by atoms with Gasteiger partial charge in [-0.3, -0.25) is 4.79 Å². The molecule has 0 radical (unpaired) electrons. The van der Waals surface area contributed by atoms with Crippen LogP contribution in [-0.2, 0) is 0 Å². The van der Waals surface area contributed by atoms with Gasteiger partial charge in [0.15, 0.2) is 0 Å². The molecule has 3 aromatic rings. The van der Waals surface area contributed by atoms with Crippen molar-refractivity contribution in [1.82, 2.24) is 5.43 Å². The molecule has 0 fully saturated rings. The average molecular weight is 306 g/mol. The maximum Gasteiger partial charge on any atom is 0.275 e. The summed E-state index contributed by atoms with van der Waals surface area (Å²) >= 11 is 0. The summed E-state index contributed by atoms with van der Waals surface area (Å²) in [6.07, 6.45) is 1.41. The Morgan fingerprint density at radius 1 is 1.00 bits per heavy atom. The van der Waals surface area contributed by atoms with Gasteiger partial charge < -0.3 is 10.2 Å². The third kappa shape index (κ3) is 3.13. The van der Waals surface area contributed by atoms with E-state index in [0.29, 0.717) is 10.9 Å². The van der Waals surface area contributed by atoms with Gasteiger partial charge in [-0.1, -0.05) is 42.5 Å². The summed E-state index contributed by atoms with van der Waals surface area (Å²) in [6.45, 7) is 0. The van der Waals surface area contributed by atoms with Gasteiger partial charge in [0.05, 0.1) is 11.8 Å². The molecule has 0 aliphatic heterocycles. The summed E-state index contributed by atoms with van der Waals surface area (Å²) in [5.41, 5.74) is 3.16. The monoisotopic (exact) mass is 306 g/mol. The normalized spacial score (nSPS) is 11.0. The molecule has 3 rings (SSSR count). The number of nitrogens with zero attached hydrogens (tertiary/aromatic N) is 1. The van der Waals surface area contributed by atoms with Gasteiger partial charge in [0, 0.05) is 5.39 Å². The van der Waals surface area contributed by atoms with Gasteiger partial charge in [0.2, 0.25) is 0 Å². The number of hydrazone groups is 1. The Kier molecular flexibility index (Phi) is 3.93. The van der Waals surface area contributed by atoms with Crippen LogP contribution in [0.1, 0.15) is 15.9 Å². The minimum absolute atomic E-state index is 0.0758. The Morgan fingerprint density at radius 2 is 1.83 bits per heavy atom. The maximum absolute atomic E-state index is 12.1. The fraction of sp³-hybridized carbons (Fsp3) is 0. The predicted octanol–water partition coefficient (Wildman–Crippen LogP) is 3.01. The highest BCUT2D eigenvalue weighted by atomic mass is 16.3. The molecular weight excluding hydrogens is 292 g/mol. The number of carbonyl (C=O) groups is 1. The van der Waals surface area contributed by atoms with Crippen molar-refractivity contribution in [2.24, 2.45) is 5.10 Å². The standard InChI is InChI=1S/C18H14N2O3/c21-14-6-3-4-12(10-14)11-19-20-18(23)16-9-8-13-5-1-2-7-15(13)17(16)22/h1-11,21-22H,(H,20,23). The van der Waals surface area contributed by atoms with Gasteiger partial charge in [-0.25, -0.2) is 5.43 Å². The second-order valence-electron chi connectivity index (χ2n) is 4.98. The molecule has 0 saturated heterocycles. The van der Waals surface area contributed by atoms with Crippen molar-refractivity contribution in [3.8, 4) is 11.5 Å². The Bertz CT molecular complexity index is 904. The Hall–Kier alpha value is -3.34. The molecule has 0 atom stereocenters. The van der Waals surface area contributed by atoms with E-state index in [2.05, 4.69) is 10.5 Å². The lowest BCUT2D eigenvalue weighted by molar-refractivity contribution is 0.0952. The van der Waals surface area contributed by atoms with E-state index in [0.717, 1.165) is 5.39 Å². The van der Waals surface area contributed by atoms with Crippen LogP contribution in [0.4, 0.5) is 0 Å². The Morgan fingerprint density at radius 3 is 2.65 bits per heavy atom. The molecule has 5 nitrogen and oxygen atoms in total. The number of hydrogen-bond acceptors (Lipinski definition) is 4. The number of phenols is 2. The van der Waals surface area contributed by atoms with Crippen molar-refractivity contribution >= 4 is 22.9 Å². The Balaban J connectivity index is 1.80. The quantitative estimate of drug-likeness (QED) is 0.514. The molecule has 23 heavy (non-hydrogen) atoms. The SMILES string of the molecule is O=C(NN=Cc1cccc(O)c1)c1ccc2ccccc2c1O. The lowest BCUT2D eigenvalue weighted by Gasteiger charge is -2.06. The third-order valence-electron chi connectivity index (χ3n) is 3.40. The number of amides is 1. The van der Waals surface area contributed by atoms with Gasteiger partial charge in [0.25, 0.3) is 5.91 Å². The van der Waals surface area contributed by atoms with Gasteiger partial charge in [-0.15, -0.1) is 0 Å². The van der Waals surface area contributed by atoms with Crippen LogP contribution in [0.15, 0.2) is 65.8 Å². The van der Waals surface area contributed by atoms with Crippen molar-refractivity contribution in [3.05, 3.63) is 71.8 Å². The van der Waals surface area contributed by atoms with Crippen molar-refractivity contribution in [1.29, 1.82) is 0 Å². The van der Waals surface area contributed by atoms with Crippen LogP contribution in [0.3, 0.4) is 0 Å². The first kappa shape index (κ1) is 14.6. The third-order valence-corrected chi connectivity index (χ3v) is 3.40. The van der Waals surface area contributed by atoms with E-state index < -0.39 is 5.91 Å². The molecule has 0 aliphatic carbocycles. The van der Waals surface area contributed by atoms with Crippen LogP contribution in [0.2, 0.25) is 0 Å². The summed E-state index contributed by atoms with van der Waals surface area (Å²) < 4.78 is 0. The number of nitrogens with one attached hydrogen (secondary N) is 1. The number of aromatic hydroxyl groups is 2. The molecule has 114 valence electrons. The molecule has 0 spiro atoms. The zero-order valence-corrected chi connectivity index (χ0v) is 12.1. The summed E-state index contributed by atoms with van der Waals surface area (Å²) in [4.78, 5) is 12.1. The number of rotatable bonds is 3. The van der Waals surface area contributed by atoms with Crippen LogP contribution >= 0.6 is 0 Å². The molecule has 3 N–H and O–H groups in total. The molecule has 1 amide bonds. The molecule has 0 bridgehead atoms. The smallest absolute Gasteiger partial charge is 0.275 e. The molecule has 5 heteroatoms. The largest absolute Gasteiger partial charge is 0.508 e. The van der Waals surface area contributed by atoms with Crippen LogP contribution in [0.5, 0.6) is 11.5 Å². The molecule has 3 aromatic carbocycles. The first-order chi connectivity index (χ1) is 11.1. The Labute approximate surface area is 132 Å². The van der Waals surface area contributed by atoms with E-state index in [-0.39, 0.29) is 17.1 Å². The highest BCUT2D eigenvalue weighted by Crippen LogP contribution is 2.28. The van der Waals surface area contributed by atoms with E-state index in [1.54, 1.807) is 42.5 Å². The molecular formula is C18H14N2O3. The van der Waals surface area contributed by atoms with Crippen LogP contribution in [0.25, 0.3) is 10.8 Å². The van der Waals surface area contributed by atoms with E-state index in [1.807, 2.05) is 12.1 Å². The van der Waals surface area contributed by atoms with E-state index in [9.17, 15) is 15.0 Å². The predicted molar refractivity (Wildman–Crippen MR) is 88.8 cm³/mol. The van der Waals surface area contributed by atoms with Gasteiger partial charge in [-0.05, 0) is 29.1 Å². The van der Waals surface area contributed by atoms with E-state index in [4.69, 9.17) is 0 Å². The van der Waals surface area contributed by atoms with Crippen molar-refractivity contribution in [2.45, 2.75) is 0 Å². The minimum atomic E-state index is -0.510. The van der Waals surface area contributed by atoms with Gasteiger partial charge in [0.1, 0.15) is 11.5 Å². The second-order valence-corrected chi connectivity index (χ2v) is 4.98. The highest BCUT2D eigenvalue weighted by Gasteiger charge is 2.12. The van der Waals surface area contributed by atoms with Crippen molar-refractivity contribution in [3.63, 3.8) is 0 Å². The zero-order valence-electron chi connectivity index (χ0n) is 12.1. The minimum Gasteiger partial charge on any atom is -0.508 e. The van der Waals surface area contributed by atoms with Gasteiger partial charge in [-0.2, -0.15) is 5.10 Å². The van der Waals surface area contributed by atoms with Crippen LogP contribution in [0, 0.1) is 0 Å².